The van der Waals surface area contributed by atoms with E-state index in [9.17, 15) is 13.2 Å². The molecule has 0 fully saturated rings. The molecule has 1 amide bonds. The minimum absolute atomic E-state index is 0.179. The lowest BCUT2D eigenvalue weighted by Crippen LogP contribution is -2.29. The molecule has 0 saturated carbocycles. The second-order valence-corrected chi connectivity index (χ2v) is 11.4. The van der Waals surface area contributed by atoms with Crippen LogP contribution in [0.2, 0.25) is 5.02 Å². The fourth-order valence-electron chi connectivity index (χ4n) is 3.61. The fourth-order valence-corrected chi connectivity index (χ4v) is 4.80. The Balaban J connectivity index is 1.65. The van der Waals surface area contributed by atoms with Crippen molar-refractivity contribution in [1.82, 2.24) is 19.9 Å². The van der Waals surface area contributed by atoms with Crippen LogP contribution in [0.4, 0.5) is 0 Å². The van der Waals surface area contributed by atoms with Crippen LogP contribution in [0, 0.1) is 0 Å². The Bertz CT molecular complexity index is 1450. The van der Waals surface area contributed by atoms with Crippen LogP contribution in [0.25, 0.3) is 22.4 Å². The number of carbonyl (C=O) groups is 1. The Morgan fingerprint density at radius 2 is 1.68 bits per heavy atom. The SMILES string of the molecule is CC(c1ccc(Cl)cc1)N(C)C(=O)c1c[nH]c2ncc(-c3ccc(S(=O)(=O)C(C)C)cc3)nc12. The number of nitrogens with one attached hydrogen (secondary N) is 1. The molecule has 0 spiro atoms. The predicted octanol–water partition coefficient (Wildman–Crippen LogP) is 5.29. The lowest BCUT2D eigenvalue weighted by Gasteiger charge is -2.25. The van der Waals surface area contributed by atoms with Gasteiger partial charge in [-0.3, -0.25) is 4.79 Å². The first-order chi connectivity index (χ1) is 16.1. The zero-order chi connectivity index (χ0) is 24.6. The maximum absolute atomic E-state index is 13.3. The quantitative estimate of drug-likeness (QED) is 0.391. The van der Waals surface area contributed by atoms with Crippen LogP contribution in [0.5, 0.6) is 0 Å². The Hall–Kier alpha value is -3.23. The highest BCUT2D eigenvalue weighted by Crippen LogP contribution is 2.27. The molecule has 7 nitrogen and oxygen atoms in total. The van der Waals surface area contributed by atoms with Gasteiger partial charge in [-0.15, -0.1) is 0 Å². The number of rotatable bonds is 6. The number of amides is 1. The fraction of sp³-hybridized carbons (Fsp3) is 0.240. The highest BCUT2D eigenvalue weighted by molar-refractivity contribution is 7.92. The zero-order valence-electron chi connectivity index (χ0n) is 19.3. The number of fused-ring (bicyclic) bond motifs is 1. The number of aromatic nitrogens is 3. The van der Waals surface area contributed by atoms with Crippen molar-refractivity contribution in [3.63, 3.8) is 0 Å². The molecule has 0 radical (unpaired) electrons. The van der Waals surface area contributed by atoms with Crippen molar-refractivity contribution in [2.75, 3.05) is 7.05 Å². The average Bonchev–Trinajstić information content (AvgIpc) is 3.26. The Kier molecular flexibility index (Phi) is 6.47. The van der Waals surface area contributed by atoms with Crippen LogP contribution in [0.3, 0.4) is 0 Å². The minimum Gasteiger partial charge on any atom is -0.344 e. The number of aromatic amines is 1. The summed E-state index contributed by atoms with van der Waals surface area (Å²) < 4.78 is 24.8. The minimum atomic E-state index is -3.36. The number of halogens is 1. The largest absolute Gasteiger partial charge is 0.344 e. The second kappa shape index (κ2) is 9.19. The number of hydrogen-bond donors (Lipinski definition) is 1. The van der Waals surface area contributed by atoms with E-state index in [4.69, 9.17) is 11.6 Å². The molecule has 176 valence electrons. The van der Waals surface area contributed by atoms with Gasteiger partial charge in [-0.2, -0.15) is 0 Å². The number of sulfone groups is 1. The number of benzene rings is 2. The standard InChI is InChI=1S/C25H25ClN4O3S/c1-15(2)34(32,33)20-11-7-18(8-12-20)22-14-28-24-23(29-22)21(13-27-24)25(31)30(4)16(3)17-5-9-19(26)10-6-17/h5-16H,1-4H3,(H,27,28). The third-order valence-corrected chi connectivity index (χ3v) is 8.39. The Labute approximate surface area is 203 Å². The summed E-state index contributed by atoms with van der Waals surface area (Å²) >= 11 is 5.99. The number of nitrogens with zero attached hydrogens (tertiary/aromatic N) is 3. The summed E-state index contributed by atoms with van der Waals surface area (Å²) in [5.41, 5.74) is 3.58. The number of H-pyrrole nitrogens is 1. The van der Waals surface area contributed by atoms with Gasteiger partial charge in [0.15, 0.2) is 15.5 Å². The first-order valence-corrected chi connectivity index (χ1v) is 12.7. The summed E-state index contributed by atoms with van der Waals surface area (Å²) in [6.45, 7) is 5.25. The maximum Gasteiger partial charge on any atom is 0.257 e. The van der Waals surface area contributed by atoms with Crippen molar-refractivity contribution in [3.8, 4) is 11.3 Å². The van der Waals surface area contributed by atoms with Gasteiger partial charge in [0.25, 0.3) is 5.91 Å². The summed E-state index contributed by atoms with van der Waals surface area (Å²) in [5.74, 6) is -0.196. The molecule has 1 N–H and O–H groups in total. The summed E-state index contributed by atoms with van der Waals surface area (Å²) in [4.78, 5) is 27.3. The van der Waals surface area contributed by atoms with E-state index in [-0.39, 0.29) is 16.8 Å². The lowest BCUT2D eigenvalue weighted by atomic mass is 10.1. The van der Waals surface area contributed by atoms with Crippen LogP contribution >= 0.6 is 11.6 Å². The molecule has 4 aromatic rings. The van der Waals surface area contributed by atoms with E-state index < -0.39 is 15.1 Å². The van der Waals surface area contributed by atoms with Crippen LogP contribution in [0.15, 0.2) is 65.8 Å². The molecule has 2 aromatic carbocycles. The number of carbonyl (C=O) groups excluding carboxylic acids is 1. The van der Waals surface area contributed by atoms with E-state index >= 15 is 0 Å². The van der Waals surface area contributed by atoms with Gasteiger partial charge in [-0.1, -0.05) is 35.9 Å². The van der Waals surface area contributed by atoms with E-state index in [1.807, 2.05) is 19.1 Å². The first kappa shape index (κ1) is 23.9. The van der Waals surface area contributed by atoms with E-state index in [1.165, 1.54) is 0 Å². The van der Waals surface area contributed by atoms with Gasteiger partial charge in [0.05, 0.1) is 33.6 Å². The van der Waals surface area contributed by atoms with Crippen LogP contribution < -0.4 is 0 Å². The number of hydrogen-bond acceptors (Lipinski definition) is 5. The predicted molar refractivity (Wildman–Crippen MR) is 134 cm³/mol. The highest BCUT2D eigenvalue weighted by atomic mass is 35.5. The topological polar surface area (TPSA) is 96.0 Å². The molecule has 0 aliphatic carbocycles. The molecule has 34 heavy (non-hydrogen) atoms. The molecule has 4 rings (SSSR count). The molecule has 9 heteroatoms. The Morgan fingerprint density at radius 3 is 2.29 bits per heavy atom. The second-order valence-electron chi connectivity index (χ2n) is 8.42. The summed E-state index contributed by atoms with van der Waals surface area (Å²) in [6.07, 6.45) is 3.21. The molecule has 0 aliphatic rings. The average molecular weight is 497 g/mol. The molecule has 0 aliphatic heterocycles. The molecule has 1 unspecified atom stereocenters. The lowest BCUT2D eigenvalue weighted by molar-refractivity contribution is 0.0744. The van der Waals surface area contributed by atoms with Gasteiger partial charge >= 0.3 is 0 Å². The molecular formula is C25H25ClN4O3S. The van der Waals surface area contributed by atoms with Crippen molar-refractivity contribution >= 4 is 38.5 Å². The van der Waals surface area contributed by atoms with Gasteiger partial charge in [-0.25, -0.2) is 18.4 Å². The third kappa shape index (κ3) is 4.43. The van der Waals surface area contributed by atoms with Crippen molar-refractivity contribution < 1.29 is 13.2 Å². The zero-order valence-corrected chi connectivity index (χ0v) is 20.9. The van der Waals surface area contributed by atoms with Crippen molar-refractivity contribution in [1.29, 1.82) is 0 Å². The summed E-state index contributed by atoms with van der Waals surface area (Å²) in [7, 11) is -1.62. The third-order valence-electron chi connectivity index (χ3n) is 5.96. The molecule has 1 atom stereocenters. The molecule has 2 heterocycles. The van der Waals surface area contributed by atoms with Crippen LogP contribution in [-0.2, 0) is 9.84 Å². The smallest absolute Gasteiger partial charge is 0.257 e. The normalized spacial score (nSPS) is 12.8. The first-order valence-electron chi connectivity index (χ1n) is 10.8. The van der Waals surface area contributed by atoms with E-state index in [2.05, 4.69) is 15.0 Å². The summed E-state index contributed by atoms with van der Waals surface area (Å²) in [6, 6.07) is 13.8. The molecule has 0 bridgehead atoms. The van der Waals surface area contributed by atoms with Crippen LogP contribution in [0.1, 0.15) is 42.7 Å². The Morgan fingerprint density at radius 1 is 1.03 bits per heavy atom. The van der Waals surface area contributed by atoms with Gasteiger partial charge in [0, 0.05) is 23.8 Å². The van der Waals surface area contributed by atoms with E-state index in [1.54, 1.807) is 74.6 Å². The maximum atomic E-state index is 13.3. The molecule has 2 aromatic heterocycles. The highest BCUT2D eigenvalue weighted by Gasteiger charge is 2.23. The van der Waals surface area contributed by atoms with Gasteiger partial charge in [0.2, 0.25) is 0 Å². The van der Waals surface area contributed by atoms with Gasteiger partial charge in [-0.05, 0) is 50.6 Å². The van der Waals surface area contributed by atoms with Gasteiger partial charge < -0.3 is 9.88 Å². The van der Waals surface area contributed by atoms with Crippen molar-refractivity contribution in [2.45, 2.75) is 37.0 Å². The van der Waals surface area contributed by atoms with Crippen LogP contribution in [-0.4, -0.2) is 46.5 Å². The van der Waals surface area contributed by atoms with Crippen molar-refractivity contribution in [3.05, 3.63) is 77.1 Å². The van der Waals surface area contributed by atoms with Crippen molar-refractivity contribution in [2.24, 2.45) is 0 Å². The van der Waals surface area contributed by atoms with Gasteiger partial charge in [0.1, 0.15) is 5.52 Å². The monoisotopic (exact) mass is 496 g/mol. The summed E-state index contributed by atoms with van der Waals surface area (Å²) in [5, 5.41) is 0.134. The molecule has 0 saturated heterocycles. The van der Waals surface area contributed by atoms with E-state index in [0.717, 1.165) is 5.56 Å². The van der Waals surface area contributed by atoms with E-state index in [0.29, 0.717) is 33.0 Å². The molecular weight excluding hydrogens is 472 g/mol.